The van der Waals surface area contributed by atoms with Crippen LogP contribution >= 0.6 is 0 Å². The number of rotatable bonds is 6. The minimum atomic E-state index is -0.408. The van der Waals surface area contributed by atoms with Gasteiger partial charge in [0.15, 0.2) is 0 Å². The van der Waals surface area contributed by atoms with Crippen molar-refractivity contribution in [3.63, 3.8) is 0 Å². The van der Waals surface area contributed by atoms with Gasteiger partial charge in [0, 0.05) is 29.6 Å². The molecular weight excluding hydrogens is 431 g/mol. The fourth-order valence-electron chi connectivity index (χ4n) is 4.48. The van der Waals surface area contributed by atoms with Gasteiger partial charge in [-0.25, -0.2) is 9.07 Å². The second kappa shape index (κ2) is 9.25. The first kappa shape index (κ1) is 23.4. The molecule has 4 aromatic rings. The zero-order valence-corrected chi connectivity index (χ0v) is 20.2. The molecule has 7 heteroatoms. The van der Waals surface area contributed by atoms with Crippen molar-refractivity contribution in [1.82, 2.24) is 14.3 Å². The number of fused-ring (bicyclic) bond motifs is 1. The molecule has 2 heterocycles. The van der Waals surface area contributed by atoms with E-state index in [-0.39, 0.29) is 24.3 Å². The van der Waals surface area contributed by atoms with Crippen LogP contribution in [0, 0.1) is 33.5 Å². The Morgan fingerprint density at radius 3 is 2.56 bits per heavy atom. The smallest absolute Gasteiger partial charge is 0.255 e. The Morgan fingerprint density at radius 2 is 1.85 bits per heavy atom. The van der Waals surface area contributed by atoms with Crippen LogP contribution in [-0.4, -0.2) is 20.3 Å². The standard InChI is InChI=1S/C27H29FN4O2/c1-6-31-26-25(19(5)30-32(26)21-9-7-8-16(2)14-21)18(4)22(27(31)34)12-13-24(33)29-23-15-20(28)11-10-17(23)3/h7-11,14-15H,6,12-13H2,1-5H3,(H,29,33). The molecule has 0 fully saturated rings. The van der Waals surface area contributed by atoms with Gasteiger partial charge in [-0.15, -0.1) is 0 Å². The van der Waals surface area contributed by atoms with Gasteiger partial charge in [0.1, 0.15) is 11.5 Å². The highest BCUT2D eigenvalue weighted by Gasteiger charge is 2.21. The van der Waals surface area contributed by atoms with E-state index in [0.717, 1.165) is 39.1 Å². The van der Waals surface area contributed by atoms with Crippen LogP contribution in [-0.2, 0) is 17.8 Å². The van der Waals surface area contributed by atoms with Crippen LogP contribution < -0.4 is 10.9 Å². The maximum Gasteiger partial charge on any atom is 0.255 e. The summed E-state index contributed by atoms with van der Waals surface area (Å²) in [6.07, 6.45) is 0.405. The monoisotopic (exact) mass is 460 g/mol. The van der Waals surface area contributed by atoms with Crippen molar-refractivity contribution in [2.45, 2.75) is 54.0 Å². The number of pyridine rings is 1. The second-order valence-electron chi connectivity index (χ2n) is 8.70. The number of aromatic nitrogens is 3. The number of carbonyl (C=O) groups is 1. The van der Waals surface area contributed by atoms with Crippen molar-refractivity contribution in [3.05, 3.63) is 86.6 Å². The fourth-order valence-corrected chi connectivity index (χ4v) is 4.48. The summed E-state index contributed by atoms with van der Waals surface area (Å²) in [7, 11) is 0. The number of amides is 1. The average Bonchev–Trinajstić information content (AvgIpc) is 3.13. The van der Waals surface area contributed by atoms with Gasteiger partial charge in [0.2, 0.25) is 5.91 Å². The average molecular weight is 461 g/mol. The first-order valence-corrected chi connectivity index (χ1v) is 11.5. The molecule has 0 saturated heterocycles. The van der Waals surface area contributed by atoms with E-state index in [1.165, 1.54) is 12.1 Å². The molecule has 0 radical (unpaired) electrons. The highest BCUT2D eigenvalue weighted by molar-refractivity contribution is 5.92. The van der Waals surface area contributed by atoms with Crippen molar-refractivity contribution in [2.75, 3.05) is 5.32 Å². The molecule has 0 unspecified atom stereocenters. The molecule has 6 nitrogen and oxygen atoms in total. The Hall–Kier alpha value is -3.74. The largest absolute Gasteiger partial charge is 0.326 e. The third-order valence-electron chi connectivity index (χ3n) is 6.26. The lowest BCUT2D eigenvalue weighted by Gasteiger charge is -2.15. The van der Waals surface area contributed by atoms with Gasteiger partial charge in [0.05, 0.1) is 11.4 Å². The first-order chi connectivity index (χ1) is 16.2. The third kappa shape index (κ3) is 4.25. The summed E-state index contributed by atoms with van der Waals surface area (Å²) in [5, 5.41) is 8.46. The molecule has 0 spiro atoms. The molecule has 0 bridgehead atoms. The molecule has 1 N–H and O–H groups in total. The molecule has 0 atom stereocenters. The maximum atomic E-state index is 13.6. The lowest BCUT2D eigenvalue weighted by Crippen LogP contribution is -2.27. The highest BCUT2D eigenvalue weighted by Crippen LogP contribution is 2.27. The molecular formula is C27H29FN4O2. The van der Waals surface area contributed by atoms with E-state index in [2.05, 4.69) is 5.32 Å². The number of nitrogens with zero attached hydrogens (tertiary/aromatic N) is 3. The maximum absolute atomic E-state index is 13.6. The summed E-state index contributed by atoms with van der Waals surface area (Å²) in [6, 6.07) is 12.3. The van der Waals surface area contributed by atoms with Crippen molar-refractivity contribution >= 4 is 22.6 Å². The van der Waals surface area contributed by atoms with Crippen molar-refractivity contribution in [1.29, 1.82) is 0 Å². The Labute approximate surface area is 198 Å². The number of hydrogen-bond acceptors (Lipinski definition) is 3. The van der Waals surface area contributed by atoms with Crippen LogP contribution in [0.5, 0.6) is 0 Å². The van der Waals surface area contributed by atoms with Gasteiger partial charge >= 0.3 is 0 Å². The number of benzene rings is 2. The van der Waals surface area contributed by atoms with E-state index >= 15 is 0 Å². The number of halogens is 1. The molecule has 1 amide bonds. The van der Waals surface area contributed by atoms with Crippen molar-refractivity contribution in [3.8, 4) is 5.69 Å². The Bertz CT molecular complexity index is 1470. The van der Waals surface area contributed by atoms with Crippen molar-refractivity contribution < 1.29 is 9.18 Å². The normalized spacial score (nSPS) is 11.2. The van der Waals surface area contributed by atoms with Crippen LogP contribution in [0.3, 0.4) is 0 Å². The van der Waals surface area contributed by atoms with Gasteiger partial charge in [-0.05, 0) is 82.0 Å². The summed E-state index contributed by atoms with van der Waals surface area (Å²) >= 11 is 0. The number of nitrogens with one attached hydrogen (secondary N) is 1. The Morgan fingerprint density at radius 1 is 1.09 bits per heavy atom. The van der Waals surface area contributed by atoms with Gasteiger partial charge in [0.25, 0.3) is 5.56 Å². The molecule has 176 valence electrons. The summed E-state index contributed by atoms with van der Waals surface area (Å²) in [4.78, 5) is 26.1. The lowest BCUT2D eigenvalue weighted by atomic mass is 10.0. The molecule has 0 aliphatic rings. The quantitative estimate of drug-likeness (QED) is 0.433. The second-order valence-corrected chi connectivity index (χ2v) is 8.70. The summed E-state index contributed by atoms with van der Waals surface area (Å²) in [5.41, 5.74) is 6.15. The van der Waals surface area contributed by atoms with E-state index in [0.29, 0.717) is 17.8 Å². The first-order valence-electron chi connectivity index (χ1n) is 11.5. The third-order valence-corrected chi connectivity index (χ3v) is 6.26. The molecule has 0 saturated carbocycles. The Balaban J connectivity index is 1.72. The summed E-state index contributed by atoms with van der Waals surface area (Å²) in [6.45, 7) is 10.1. The minimum absolute atomic E-state index is 0.115. The van der Waals surface area contributed by atoms with E-state index in [1.807, 2.05) is 63.6 Å². The molecule has 2 aromatic carbocycles. The molecule has 0 aliphatic heterocycles. The minimum Gasteiger partial charge on any atom is -0.326 e. The zero-order chi connectivity index (χ0) is 24.6. The van der Waals surface area contributed by atoms with Gasteiger partial charge in [-0.1, -0.05) is 18.2 Å². The summed E-state index contributed by atoms with van der Waals surface area (Å²) < 4.78 is 17.1. The van der Waals surface area contributed by atoms with Crippen LogP contribution in [0.1, 0.15) is 41.3 Å². The lowest BCUT2D eigenvalue weighted by molar-refractivity contribution is -0.116. The van der Waals surface area contributed by atoms with Crippen LogP contribution in [0.2, 0.25) is 0 Å². The highest BCUT2D eigenvalue weighted by atomic mass is 19.1. The van der Waals surface area contributed by atoms with E-state index in [1.54, 1.807) is 10.6 Å². The van der Waals surface area contributed by atoms with E-state index in [9.17, 15) is 14.0 Å². The number of anilines is 1. The SMILES string of the molecule is CCn1c(=O)c(CCC(=O)Nc2cc(F)ccc2C)c(C)c2c(C)nn(-c3cccc(C)c3)c21. The van der Waals surface area contributed by atoms with E-state index < -0.39 is 5.82 Å². The molecule has 2 aromatic heterocycles. The number of carbonyl (C=O) groups excluding carboxylic acids is 1. The predicted molar refractivity (Wildman–Crippen MR) is 133 cm³/mol. The van der Waals surface area contributed by atoms with Gasteiger partial charge < -0.3 is 5.32 Å². The van der Waals surface area contributed by atoms with Crippen LogP contribution in [0.25, 0.3) is 16.7 Å². The van der Waals surface area contributed by atoms with Gasteiger partial charge in [-0.3, -0.25) is 14.2 Å². The molecule has 34 heavy (non-hydrogen) atoms. The fraction of sp³-hybridized carbons (Fsp3) is 0.296. The summed E-state index contributed by atoms with van der Waals surface area (Å²) in [5.74, 6) is -0.669. The van der Waals surface area contributed by atoms with Gasteiger partial charge in [-0.2, -0.15) is 5.10 Å². The number of aryl methyl sites for hydroxylation is 5. The molecule has 4 rings (SSSR count). The predicted octanol–water partition coefficient (Wildman–Crippen LogP) is 5.15. The van der Waals surface area contributed by atoms with Crippen LogP contribution in [0.4, 0.5) is 10.1 Å². The topological polar surface area (TPSA) is 68.9 Å². The van der Waals surface area contributed by atoms with Crippen LogP contribution in [0.15, 0.2) is 47.3 Å². The Kier molecular flexibility index (Phi) is 6.37. The zero-order valence-electron chi connectivity index (χ0n) is 20.2. The van der Waals surface area contributed by atoms with E-state index in [4.69, 9.17) is 5.10 Å². The number of hydrogen-bond donors (Lipinski definition) is 1. The molecule has 0 aliphatic carbocycles. The van der Waals surface area contributed by atoms with Crippen molar-refractivity contribution in [2.24, 2.45) is 0 Å².